The van der Waals surface area contributed by atoms with Crippen molar-refractivity contribution in [3.63, 3.8) is 0 Å². The average Bonchev–Trinajstić information content (AvgIpc) is 3.12. The average molecular weight is 227 g/mol. The molecule has 2 heteroatoms. The van der Waals surface area contributed by atoms with Gasteiger partial charge < -0.3 is 0 Å². The number of rotatable bonds is 4. The van der Waals surface area contributed by atoms with Gasteiger partial charge in [0.05, 0.1) is 0 Å². The van der Waals surface area contributed by atoms with Crippen LogP contribution in [0.2, 0.25) is 0 Å². The molecule has 0 radical (unpaired) electrons. The van der Waals surface area contributed by atoms with Crippen molar-refractivity contribution in [2.45, 2.75) is 23.7 Å². The summed E-state index contributed by atoms with van der Waals surface area (Å²) in [6, 6.07) is 4.15. The Morgan fingerprint density at radius 3 is 2.44 bits per heavy atom. The Morgan fingerprint density at radius 1 is 1.25 bits per heavy atom. The van der Waals surface area contributed by atoms with Gasteiger partial charge >= 0.3 is 0 Å². The Kier molecular flexibility index (Phi) is 3.17. The highest BCUT2D eigenvalue weighted by Gasteiger charge is 2.26. The van der Waals surface area contributed by atoms with Crippen LogP contribution in [0.1, 0.15) is 35.4 Å². The zero-order valence-corrected chi connectivity index (χ0v) is 9.89. The summed E-state index contributed by atoms with van der Waals surface area (Å²) in [6.07, 6.45) is 6.24. The van der Waals surface area contributed by atoms with Crippen molar-refractivity contribution in [3.05, 3.63) is 42.0 Å². The molecule has 1 aromatic rings. The molecule has 2 rings (SSSR count). The first kappa shape index (κ1) is 11.0. The molecule has 0 atom stereocenters. The quantitative estimate of drug-likeness (QED) is 0.561. The van der Waals surface area contributed by atoms with Crippen LogP contribution in [0.5, 0.6) is 0 Å². The maximum absolute atomic E-state index is 8.75. The number of hydrogen-bond acceptors (Lipinski definition) is 2. The lowest BCUT2D eigenvalue weighted by atomic mass is 9.97. The molecule has 0 amide bonds. The number of nitrogens with zero attached hydrogens (tertiary/aromatic N) is 1. The number of nitriles is 1. The fourth-order valence-corrected chi connectivity index (χ4v) is 2.50. The molecular formula is C14H13NS. The number of thioether (sulfide) groups is 1. The van der Waals surface area contributed by atoms with E-state index in [4.69, 9.17) is 5.26 Å². The van der Waals surface area contributed by atoms with Crippen molar-refractivity contribution < 1.29 is 0 Å². The van der Waals surface area contributed by atoms with Crippen LogP contribution in [0.3, 0.4) is 0 Å². The van der Waals surface area contributed by atoms with Crippen LogP contribution in [-0.4, -0.2) is 0 Å². The van der Waals surface area contributed by atoms with Crippen molar-refractivity contribution >= 4 is 23.9 Å². The standard InChI is InChI=1S/C14H13NS/c1-3-11-12(4-2)14(16-9-15)8-7-13(11)10-5-6-10/h3-4,7-8,10H,1-2,5-6H2. The lowest BCUT2D eigenvalue weighted by molar-refractivity contribution is 1.11. The topological polar surface area (TPSA) is 23.8 Å². The highest BCUT2D eigenvalue weighted by atomic mass is 32.2. The Labute approximate surface area is 100 Å². The van der Waals surface area contributed by atoms with E-state index < -0.39 is 0 Å². The molecule has 0 aliphatic heterocycles. The van der Waals surface area contributed by atoms with E-state index in [1.807, 2.05) is 18.2 Å². The van der Waals surface area contributed by atoms with Gasteiger partial charge in [0.25, 0.3) is 0 Å². The fraction of sp³-hybridized carbons (Fsp3) is 0.214. The zero-order valence-electron chi connectivity index (χ0n) is 9.07. The summed E-state index contributed by atoms with van der Waals surface area (Å²) in [7, 11) is 0. The third-order valence-corrected chi connectivity index (χ3v) is 3.53. The van der Waals surface area contributed by atoms with Gasteiger partial charge in [-0.1, -0.05) is 31.4 Å². The van der Waals surface area contributed by atoms with E-state index in [0.717, 1.165) is 16.0 Å². The normalized spacial score (nSPS) is 14.2. The minimum absolute atomic E-state index is 0.688. The van der Waals surface area contributed by atoms with Gasteiger partial charge in [0.2, 0.25) is 0 Å². The van der Waals surface area contributed by atoms with Crippen molar-refractivity contribution in [2.75, 3.05) is 0 Å². The van der Waals surface area contributed by atoms with Crippen LogP contribution >= 0.6 is 11.8 Å². The van der Waals surface area contributed by atoms with Crippen molar-refractivity contribution in [1.82, 2.24) is 0 Å². The molecular weight excluding hydrogens is 214 g/mol. The highest BCUT2D eigenvalue weighted by Crippen LogP contribution is 2.44. The van der Waals surface area contributed by atoms with E-state index in [1.54, 1.807) is 0 Å². The second kappa shape index (κ2) is 4.59. The Balaban J connectivity index is 2.56. The summed E-state index contributed by atoms with van der Waals surface area (Å²) >= 11 is 1.18. The summed E-state index contributed by atoms with van der Waals surface area (Å²) in [4.78, 5) is 0.969. The summed E-state index contributed by atoms with van der Waals surface area (Å²) < 4.78 is 0. The van der Waals surface area contributed by atoms with Crippen molar-refractivity contribution in [1.29, 1.82) is 5.26 Å². The van der Waals surface area contributed by atoms with Gasteiger partial charge in [-0.15, -0.1) is 0 Å². The van der Waals surface area contributed by atoms with Gasteiger partial charge in [-0.25, -0.2) is 0 Å². The first-order chi connectivity index (χ1) is 7.81. The maximum Gasteiger partial charge on any atom is 0.138 e. The van der Waals surface area contributed by atoms with Gasteiger partial charge in [0.15, 0.2) is 0 Å². The molecule has 16 heavy (non-hydrogen) atoms. The predicted molar refractivity (Wildman–Crippen MR) is 70.1 cm³/mol. The summed E-state index contributed by atoms with van der Waals surface area (Å²) in [5.41, 5.74) is 3.55. The molecule has 1 aliphatic rings. The Morgan fingerprint density at radius 2 is 1.94 bits per heavy atom. The van der Waals surface area contributed by atoms with Gasteiger partial charge in [0, 0.05) is 4.90 Å². The molecule has 1 fully saturated rings. The van der Waals surface area contributed by atoms with E-state index in [2.05, 4.69) is 24.6 Å². The molecule has 80 valence electrons. The van der Waals surface area contributed by atoms with E-state index in [0.29, 0.717) is 5.92 Å². The Hall–Kier alpha value is -1.46. The molecule has 0 spiro atoms. The minimum Gasteiger partial charge on any atom is -0.185 e. The van der Waals surface area contributed by atoms with Gasteiger partial charge in [-0.2, -0.15) is 5.26 Å². The molecule has 0 unspecified atom stereocenters. The molecule has 0 bridgehead atoms. The summed E-state index contributed by atoms with van der Waals surface area (Å²) in [6.45, 7) is 7.70. The zero-order chi connectivity index (χ0) is 11.5. The van der Waals surface area contributed by atoms with Crippen LogP contribution in [-0.2, 0) is 0 Å². The maximum atomic E-state index is 8.75. The van der Waals surface area contributed by atoms with Gasteiger partial charge in [-0.05, 0) is 53.3 Å². The third kappa shape index (κ3) is 1.91. The first-order valence-corrected chi connectivity index (χ1v) is 6.11. The van der Waals surface area contributed by atoms with Crippen LogP contribution in [0.15, 0.2) is 30.2 Å². The van der Waals surface area contributed by atoms with Crippen molar-refractivity contribution in [3.8, 4) is 5.40 Å². The summed E-state index contributed by atoms with van der Waals surface area (Å²) in [5.74, 6) is 0.688. The minimum atomic E-state index is 0.688. The van der Waals surface area contributed by atoms with E-state index in [-0.39, 0.29) is 0 Å². The second-order valence-electron chi connectivity index (χ2n) is 3.86. The molecule has 0 saturated heterocycles. The molecule has 0 N–H and O–H groups in total. The largest absolute Gasteiger partial charge is 0.185 e. The van der Waals surface area contributed by atoms with Crippen LogP contribution in [0.25, 0.3) is 12.2 Å². The van der Waals surface area contributed by atoms with E-state index >= 15 is 0 Å². The van der Waals surface area contributed by atoms with Crippen LogP contribution in [0.4, 0.5) is 0 Å². The smallest absolute Gasteiger partial charge is 0.138 e. The number of benzene rings is 1. The predicted octanol–water partition coefficient (Wildman–Crippen LogP) is 4.42. The lowest BCUT2D eigenvalue weighted by Crippen LogP contribution is -1.92. The fourth-order valence-electron chi connectivity index (χ4n) is 1.96. The molecule has 1 saturated carbocycles. The number of hydrogen-bond donors (Lipinski definition) is 0. The molecule has 0 heterocycles. The molecule has 1 aromatic carbocycles. The Bertz CT molecular complexity index is 478. The molecule has 0 aromatic heterocycles. The SMILES string of the molecule is C=Cc1c(SC#N)ccc(C2CC2)c1C=C. The number of thiocyanates is 1. The lowest BCUT2D eigenvalue weighted by Gasteiger charge is -2.11. The third-order valence-electron chi connectivity index (χ3n) is 2.86. The summed E-state index contributed by atoms with van der Waals surface area (Å²) in [5, 5.41) is 10.9. The van der Waals surface area contributed by atoms with Crippen LogP contribution < -0.4 is 0 Å². The second-order valence-corrected chi connectivity index (χ2v) is 4.68. The van der Waals surface area contributed by atoms with Gasteiger partial charge in [-0.3, -0.25) is 0 Å². The van der Waals surface area contributed by atoms with Crippen molar-refractivity contribution in [2.24, 2.45) is 0 Å². The highest BCUT2D eigenvalue weighted by molar-refractivity contribution is 8.03. The molecule has 1 aliphatic carbocycles. The van der Waals surface area contributed by atoms with E-state index in [1.165, 1.54) is 30.2 Å². The monoisotopic (exact) mass is 227 g/mol. The van der Waals surface area contributed by atoms with E-state index in [9.17, 15) is 0 Å². The van der Waals surface area contributed by atoms with Gasteiger partial charge in [0.1, 0.15) is 5.40 Å². The first-order valence-electron chi connectivity index (χ1n) is 5.29. The van der Waals surface area contributed by atoms with Crippen LogP contribution in [0, 0.1) is 10.7 Å². The molecule has 1 nitrogen and oxygen atoms in total.